The first-order chi connectivity index (χ1) is 16.4. The van der Waals surface area contributed by atoms with E-state index in [1.165, 1.54) is 30.0 Å². The van der Waals surface area contributed by atoms with Gasteiger partial charge in [0.2, 0.25) is 5.88 Å². The topological polar surface area (TPSA) is 112 Å². The Morgan fingerprint density at radius 3 is 2.71 bits per heavy atom. The number of amidine groups is 1. The molecular formula is C22H23F4N5O3S. The Morgan fingerprint density at radius 2 is 2.09 bits per heavy atom. The maximum Gasteiger partial charge on any atom is 0.425 e. The third-order valence-electron chi connectivity index (χ3n) is 6.13. The molecule has 1 aliphatic carbocycles. The van der Waals surface area contributed by atoms with Gasteiger partial charge in [-0.05, 0) is 38.5 Å². The summed E-state index contributed by atoms with van der Waals surface area (Å²) in [6.07, 6.45) is -3.98. The van der Waals surface area contributed by atoms with Gasteiger partial charge in [-0.1, -0.05) is 11.8 Å². The zero-order valence-electron chi connectivity index (χ0n) is 19.0. The van der Waals surface area contributed by atoms with Crippen molar-refractivity contribution in [3.63, 3.8) is 0 Å². The van der Waals surface area contributed by atoms with E-state index >= 15 is 0 Å². The third kappa shape index (κ3) is 4.92. The van der Waals surface area contributed by atoms with Crippen LogP contribution in [0.5, 0.6) is 5.88 Å². The van der Waals surface area contributed by atoms with Gasteiger partial charge in [-0.2, -0.15) is 13.2 Å². The Morgan fingerprint density at radius 1 is 1.34 bits per heavy atom. The van der Waals surface area contributed by atoms with Gasteiger partial charge in [0.05, 0.1) is 29.3 Å². The van der Waals surface area contributed by atoms with Crippen LogP contribution in [0.2, 0.25) is 0 Å². The number of rotatable bonds is 7. The molecule has 4 atom stereocenters. The summed E-state index contributed by atoms with van der Waals surface area (Å²) in [6, 6.07) is 4.10. The van der Waals surface area contributed by atoms with Gasteiger partial charge in [0.25, 0.3) is 5.91 Å². The summed E-state index contributed by atoms with van der Waals surface area (Å²) in [5.74, 6) is -1.56. The smallest absolute Gasteiger partial charge is 0.425 e. The number of methoxy groups -OCH3 is 1. The Bertz CT molecular complexity index is 1160. The summed E-state index contributed by atoms with van der Waals surface area (Å²) in [7, 11) is 1.60. The SMILES string of the molecule is COC[C@]12C[C@H]1[C@@](C)(c1cc(NC(=O)c3cnc(O[C@@H](C)C(F)(F)F)cn3)ccc1F)N=C(N)S2. The molecule has 2 aliphatic rings. The molecule has 188 valence electrons. The fraction of sp³-hybridized carbons (Fsp3) is 0.455. The van der Waals surface area contributed by atoms with Crippen LogP contribution in [0.15, 0.2) is 35.6 Å². The number of fused-ring (bicyclic) bond motifs is 1. The Kier molecular flexibility index (Phi) is 6.43. The minimum Gasteiger partial charge on any atom is -0.464 e. The minimum atomic E-state index is -4.57. The van der Waals surface area contributed by atoms with E-state index in [-0.39, 0.29) is 33.5 Å². The van der Waals surface area contributed by atoms with Crippen LogP contribution in [0.3, 0.4) is 0 Å². The van der Waals surface area contributed by atoms with Crippen LogP contribution in [-0.2, 0) is 10.3 Å². The van der Waals surface area contributed by atoms with Crippen molar-refractivity contribution in [2.24, 2.45) is 16.6 Å². The fourth-order valence-electron chi connectivity index (χ4n) is 4.26. The molecule has 8 nitrogen and oxygen atoms in total. The average molecular weight is 514 g/mol. The van der Waals surface area contributed by atoms with Gasteiger partial charge in [0.15, 0.2) is 11.3 Å². The number of ether oxygens (including phenoxy) is 2. The summed E-state index contributed by atoms with van der Waals surface area (Å²) in [5.41, 5.74) is 5.51. The predicted octanol–water partition coefficient (Wildman–Crippen LogP) is 3.88. The zero-order valence-corrected chi connectivity index (χ0v) is 19.8. The van der Waals surface area contributed by atoms with E-state index < -0.39 is 29.5 Å². The van der Waals surface area contributed by atoms with E-state index in [0.717, 1.165) is 25.7 Å². The molecular weight excluding hydrogens is 490 g/mol. The largest absolute Gasteiger partial charge is 0.464 e. The highest BCUT2D eigenvalue weighted by molar-refractivity contribution is 8.15. The van der Waals surface area contributed by atoms with Crippen LogP contribution in [0.1, 0.15) is 36.3 Å². The lowest BCUT2D eigenvalue weighted by molar-refractivity contribution is -0.190. The molecule has 3 N–H and O–H groups in total. The molecule has 1 aromatic heterocycles. The van der Waals surface area contributed by atoms with Crippen LogP contribution in [0.25, 0.3) is 0 Å². The lowest BCUT2D eigenvalue weighted by atomic mass is 9.85. The molecule has 35 heavy (non-hydrogen) atoms. The van der Waals surface area contributed by atoms with Crippen molar-refractivity contribution >= 4 is 28.5 Å². The van der Waals surface area contributed by atoms with Gasteiger partial charge in [-0.25, -0.2) is 14.4 Å². The second-order valence-corrected chi connectivity index (χ2v) is 10.1. The maximum absolute atomic E-state index is 14.9. The maximum atomic E-state index is 14.9. The standard InChI is InChI=1S/C22H23F4N5O3S/c1-11(22(24,25)26)34-17-9-28-15(8-29-17)18(32)30-12-4-5-14(23)13(6-12)20(2)16-7-21(16,10-33-3)35-19(27)31-20/h4-6,8-9,11,16H,7,10H2,1-3H3,(H2,27,31)(H,30,32)/t11-,16-,20+,21+/m0/s1. The molecule has 0 bridgehead atoms. The lowest BCUT2D eigenvalue weighted by Crippen LogP contribution is -2.37. The van der Waals surface area contributed by atoms with Crippen LogP contribution in [0.4, 0.5) is 23.2 Å². The minimum absolute atomic E-state index is 0.00907. The first kappa shape index (κ1) is 25.2. The van der Waals surface area contributed by atoms with Crippen LogP contribution in [-0.4, -0.2) is 51.8 Å². The number of aliphatic imine (C=N–C) groups is 1. The highest BCUT2D eigenvalue weighted by Gasteiger charge is 2.66. The number of carbonyl (C=O) groups excluding carboxylic acids is 1. The van der Waals surface area contributed by atoms with Gasteiger partial charge in [0, 0.05) is 24.3 Å². The molecule has 1 aromatic carbocycles. The highest BCUT2D eigenvalue weighted by Crippen LogP contribution is 2.66. The van der Waals surface area contributed by atoms with Crippen molar-refractivity contribution in [3.8, 4) is 5.88 Å². The number of aromatic nitrogens is 2. The van der Waals surface area contributed by atoms with Crippen molar-refractivity contribution in [3.05, 3.63) is 47.7 Å². The van der Waals surface area contributed by atoms with E-state index in [9.17, 15) is 22.4 Å². The molecule has 1 amide bonds. The van der Waals surface area contributed by atoms with Gasteiger partial charge in [-0.3, -0.25) is 9.79 Å². The molecule has 13 heteroatoms. The average Bonchev–Trinajstić information content (AvgIpc) is 3.49. The normalized spacial score (nSPS) is 26.4. The predicted molar refractivity (Wildman–Crippen MR) is 122 cm³/mol. The van der Waals surface area contributed by atoms with Crippen molar-refractivity contribution < 1.29 is 31.8 Å². The molecule has 1 fully saturated rings. The second kappa shape index (κ2) is 8.94. The number of amides is 1. The Balaban J connectivity index is 1.52. The van der Waals surface area contributed by atoms with Crippen LogP contribution in [0, 0.1) is 11.7 Å². The number of nitrogens with one attached hydrogen (secondary N) is 1. The van der Waals surface area contributed by atoms with Crippen molar-refractivity contribution in [1.29, 1.82) is 0 Å². The number of nitrogens with zero attached hydrogens (tertiary/aromatic N) is 3. The number of thioether (sulfide) groups is 1. The summed E-state index contributed by atoms with van der Waals surface area (Å²) in [6.45, 7) is 3.09. The van der Waals surface area contributed by atoms with E-state index in [4.69, 9.17) is 10.5 Å². The summed E-state index contributed by atoms with van der Waals surface area (Å²) in [5, 5.41) is 2.94. The highest BCUT2D eigenvalue weighted by atomic mass is 32.2. The van der Waals surface area contributed by atoms with E-state index in [2.05, 4.69) is 25.0 Å². The van der Waals surface area contributed by atoms with Gasteiger partial charge in [-0.15, -0.1) is 0 Å². The molecule has 0 radical (unpaired) electrons. The number of nitrogens with two attached hydrogens (primary N) is 1. The van der Waals surface area contributed by atoms with Crippen molar-refractivity contribution in [2.75, 3.05) is 19.0 Å². The second-order valence-electron chi connectivity index (χ2n) is 8.64. The molecule has 2 aromatic rings. The number of halogens is 4. The number of hydrogen-bond acceptors (Lipinski definition) is 8. The number of anilines is 1. The molecule has 0 saturated heterocycles. The molecule has 1 saturated carbocycles. The molecule has 2 heterocycles. The number of benzene rings is 1. The number of alkyl halides is 3. The Hall–Kier alpha value is -2.93. The summed E-state index contributed by atoms with van der Waals surface area (Å²) >= 11 is 1.43. The molecule has 4 rings (SSSR count). The van der Waals surface area contributed by atoms with E-state index in [1.807, 2.05) is 0 Å². The summed E-state index contributed by atoms with van der Waals surface area (Å²) in [4.78, 5) is 24.7. The molecule has 0 spiro atoms. The number of carbonyl (C=O) groups is 1. The lowest BCUT2D eigenvalue weighted by Gasteiger charge is -2.34. The summed E-state index contributed by atoms with van der Waals surface area (Å²) < 4.78 is 62.6. The monoisotopic (exact) mass is 513 g/mol. The fourth-order valence-corrected chi connectivity index (χ4v) is 5.71. The Labute approximate surface area is 202 Å². The zero-order chi connectivity index (χ0) is 25.6. The van der Waals surface area contributed by atoms with E-state index in [0.29, 0.717) is 11.8 Å². The molecule has 1 aliphatic heterocycles. The van der Waals surface area contributed by atoms with Gasteiger partial charge >= 0.3 is 6.18 Å². The third-order valence-corrected chi connectivity index (χ3v) is 7.41. The van der Waals surface area contributed by atoms with Crippen molar-refractivity contribution in [1.82, 2.24) is 9.97 Å². The van der Waals surface area contributed by atoms with Gasteiger partial charge < -0.3 is 20.5 Å². The van der Waals surface area contributed by atoms with Crippen LogP contribution < -0.4 is 15.8 Å². The van der Waals surface area contributed by atoms with Gasteiger partial charge in [0.1, 0.15) is 11.5 Å². The van der Waals surface area contributed by atoms with Crippen molar-refractivity contribution in [2.45, 2.75) is 42.8 Å². The first-order valence-corrected chi connectivity index (χ1v) is 11.4. The van der Waals surface area contributed by atoms with E-state index in [1.54, 1.807) is 14.0 Å². The quantitative estimate of drug-likeness (QED) is 0.541. The first-order valence-electron chi connectivity index (χ1n) is 10.6. The molecule has 0 unspecified atom stereocenters. The van der Waals surface area contributed by atoms with Crippen LogP contribution >= 0.6 is 11.8 Å². The number of hydrogen-bond donors (Lipinski definition) is 2.